The van der Waals surface area contributed by atoms with Crippen molar-refractivity contribution in [2.24, 2.45) is 0 Å². The fourth-order valence-electron chi connectivity index (χ4n) is 2.73. The number of carbonyl (C=O) groups is 1. The highest BCUT2D eigenvalue weighted by Gasteiger charge is 2.17. The molecule has 27 heavy (non-hydrogen) atoms. The zero-order chi connectivity index (χ0) is 19.0. The van der Waals surface area contributed by atoms with E-state index < -0.39 is 0 Å². The molecule has 0 fully saturated rings. The van der Waals surface area contributed by atoms with E-state index in [2.05, 4.69) is 10.3 Å². The van der Waals surface area contributed by atoms with Crippen LogP contribution in [0.5, 0.6) is 0 Å². The maximum Gasteiger partial charge on any atom is 0.229 e. The molecule has 1 N–H and O–H groups in total. The normalized spacial score (nSPS) is 11.1. The summed E-state index contributed by atoms with van der Waals surface area (Å²) in [5, 5.41) is 5.64. The summed E-state index contributed by atoms with van der Waals surface area (Å²) in [6.07, 6.45) is 1.96. The summed E-state index contributed by atoms with van der Waals surface area (Å²) in [4.78, 5) is 17.9. The second-order valence-corrected chi connectivity index (χ2v) is 7.53. The van der Waals surface area contributed by atoms with Crippen LogP contribution in [-0.4, -0.2) is 15.3 Å². The molecule has 0 spiro atoms. The van der Waals surface area contributed by atoms with Gasteiger partial charge in [-0.1, -0.05) is 29.3 Å². The summed E-state index contributed by atoms with van der Waals surface area (Å²) < 4.78 is 15.0. The van der Waals surface area contributed by atoms with Crippen LogP contribution in [0.25, 0.3) is 16.2 Å². The van der Waals surface area contributed by atoms with Crippen LogP contribution in [0.1, 0.15) is 5.56 Å². The van der Waals surface area contributed by atoms with Crippen LogP contribution in [0.2, 0.25) is 10.0 Å². The molecule has 136 valence electrons. The summed E-state index contributed by atoms with van der Waals surface area (Å²) in [5.41, 5.74) is 2.05. The quantitative estimate of drug-likeness (QED) is 0.461. The molecular formula is C19H12Cl2FN3OS. The number of carbonyl (C=O) groups excluding carboxylic acids is 1. The Morgan fingerprint density at radius 1 is 1.15 bits per heavy atom. The molecule has 2 heterocycles. The third-order valence-electron chi connectivity index (χ3n) is 3.99. The molecule has 0 atom stereocenters. The molecule has 0 bridgehead atoms. The molecule has 0 aliphatic heterocycles. The largest absolute Gasteiger partial charge is 0.310 e. The molecule has 0 aliphatic carbocycles. The fourth-order valence-corrected chi connectivity index (χ4v) is 3.76. The molecular weight excluding hydrogens is 408 g/mol. The first-order valence-corrected chi connectivity index (χ1v) is 9.60. The van der Waals surface area contributed by atoms with Gasteiger partial charge in [0.1, 0.15) is 17.3 Å². The van der Waals surface area contributed by atoms with E-state index in [1.54, 1.807) is 34.7 Å². The number of nitrogens with zero attached hydrogens (tertiary/aromatic N) is 2. The van der Waals surface area contributed by atoms with Crippen LogP contribution in [0.15, 0.2) is 54.0 Å². The van der Waals surface area contributed by atoms with Crippen LogP contribution in [0.4, 0.5) is 10.2 Å². The van der Waals surface area contributed by atoms with Gasteiger partial charge in [-0.25, -0.2) is 9.37 Å². The van der Waals surface area contributed by atoms with Crippen molar-refractivity contribution in [3.63, 3.8) is 0 Å². The second-order valence-electron chi connectivity index (χ2n) is 5.84. The van der Waals surface area contributed by atoms with Crippen molar-refractivity contribution in [2.45, 2.75) is 6.42 Å². The lowest BCUT2D eigenvalue weighted by Crippen LogP contribution is -2.16. The topological polar surface area (TPSA) is 46.4 Å². The van der Waals surface area contributed by atoms with Crippen molar-refractivity contribution >= 4 is 51.2 Å². The highest BCUT2D eigenvalue weighted by Crippen LogP contribution is 2.31. The fraction of sp³-hybridized carbons (Fsp3) is 0.0526. The van der Waals surface area contributed by atoms with E-state index in [4.69, 9.17) is 23.2 Å². The summed E-state index contributed by atoms with van der Waals surface area (Å²) in [5.74, 6) is -0.00218. The van der Waals surface area contributed by atoms with Gasteiger partial charge in [-0.15, -0.1) is 11.3 Å². The molecule has 0 radical (unpaired) electrons. The molecule has 4 aromatic rings. The lowest BCUT2D eigenvalue weighted by Gasteiger charge is -2.08. The monoisotopic (exact) mass is 419 g/mol. The van der Waals surface area contributed by atoms with E-state index in [-0.39, 0.29) is 18.1 Å². The smallest absolute Gasteiger partial charge is 0.229 e. The number of benzene rings is 2. The molecule has 8 heteroatoms. The number of halogens is 3. The van der Waals surface area contributed by atoms with Crippen LogP contribution in [-0.2, 0) is 11.2 Å². The first kappa shape index (κ1) is 18.0. The van der Waals surface area contributed by atoms with Crippen molar-refractivity contribution in [1.29, 1.82) is 0 Å². The van der Waals surface area contributed by atoms with Gasteiger partial charge in [0.2, 0.25) is 5.91 Å². The van der Waals surface area contributed by atoms with E-state index in [0.717, 1.165) is 16.1 Å². The van der Waals surface area contributed by atoms with Crippen LogP contribution < -0.4 is 5.32 Å². The van der Waals surface area contributed by atoms with Crippen LogP contribution in [0, 0.1) is 5.82 Å². The first-order chi connectivity index (χ1) is 13.0. The third kappa shape index (κ3) is 3.69. The average molecular weight is 420 g/mol. The van der Waals surface area contributed by atoms with Crippen molar-refractivity contribution in [1.82, 2.24) is 9.38 Å². The molecule has 0 saturated carbocycles. The first-order valence-electron chi connectivity index (χ1n) is 7.96. The van der Waals surface area contributed by atoms with Crippen molar-refractivity contribution in [3.8, 4) is 11.3 Å². The molecule has 0 aliphatic rings. The zero-order valence-corrected chi connectivity index (χ0v) is 16.1. The lowest BCUT2D eigenvalue weighted by atomic mass is 10.1. The highest BCUT2D eigenvalue weighted by atomic mass is 35.5. The van der Waals surface area contributed by atoms with E-state index in [1.807, 2.05) is 11.6 Å². The maximum absolute atomic E-state index is 13.2. The highest BCUT2D eigenvalue weighted by molar-refractivity contribution is 7.15. The second kappa shape index (κ2) is 7.31. The maximum atomic E-state index is 13.2. The van der Waals surface area contributed by atoms with Crippen molar-refractivity contribution in [3.05, 3.63) is 75.5 Å². The van der Waals surface area contributed by atoms with Gasteiger partial charge < -0.3 is 5.32 Å². The van der Waals surface area contributed by atoms with Gasteiger partial charge in [0.15, 0.2) is 4.96 Å². The minimum atomic E-state index is -0.329. The van der Waals surface area contributed by atoms with Crippen LogP contribution >= 0.6 is 34.5 Å². The molecule has 2 aromatic heterocycles. The Morgan fingerprint density at radius 3 is 2.67 bits per heavy atom. The minimum Gasteiger partial charge on any atom is -0.310 e. The summed E-state index contributed by atoms with van der Waals surface area (Å²) >= 11 is 13.4. The Kier molecular flexibility index (Phi) is 4.86. The molecule has 0 saturated heterocycles. The Balaban J connectivity index is 1.65. The molecule has 2 aromatic carbocycles. The van der Waals surface area contributed by atoms with E-state index >= 15 is 0 Å². The number of imidazole rings is 1. The predicted octanol–water partition coefficient (Wildman–Crippen LogP) is 5.69. The molecule has 4 rings (SSSR count). The minimum absolute atomic E-state index is 0.136. The van der Waals surface area contributed by atoms with Crippen molar-refractivity contribution in [2.75, 3.05) is 5.32 Å². The number of hydrogen-bond donors (Lipinski definition) is 1. The van der Waals surface area contributed by atoms with E-state index in [9.17, 15) is 9.18 Å². The Morgan fingerprint density at radius 2 is 1.93 bits per heavy atom. The number of hydrogen-bond acceptors (Lipinski definition) is 3. The summed E-state index contributed by atoms with van der Waals surface area (Å²) in [6, 6.07) is 11.1. The lowest BCUT2D eigenvalue weighted by molar-refractivity contribution is -0.115. The number of nitrogens with one attached hydrogen (secondary N) is 1. The number of thiazole rings is 1. The number of fused-ring (bicyclic) bond motifs is 1. The number of aromatic nitrogens is 2. The number of amides is 1. The summed E-state index contributed by atoms with van der Waals surface area (Å²) in [6.45, 7) is 0. The van der Waals surface area contributed by atoms with Gasteiger partial charge in [0, 0.05) is 17.1 Å². The van der Waals surface area contributed by atoms with Gasteiger partial charge in [-0.05, 0) is 42.0 Å². The summed E-state index contributed by atoms with van der Waals surface area (Å²) in [7, 11) is 0. The van der Waals surface area contributed by atoms with E-state index in [1.165, 1.54) is 23.5 Å². The SMILES string of the molecule is O=C(Cc1ccc(Cl)c(Cl)c1)Nc1c(-c2ccc(F)cc2)nc2sccn12. The molecule has 0 unspecified atom stereocenters. The van der Waals surface area contributed by atoms with Gasteiger partial charge >= 0.3 is 0 Å². The Labute approximate surface area is 168 Å². The van der Waals surface area contributed by atoms with Gasteiger partial charge in [0.05, 0.1) is 16.5 Å². The van der Waals surface area contributed by atoms with E-state index in [0.29, 0.717) is 21.6 Å². The molecule has 4 nitrogen and oxygen atoms in total. The molecule has 1 amide bonds. The predicted molar refractivity (Wildman–Crippen MR) is 107 cm³/mol. The number of rotatable bonds is 4. The van der Waals surface area contributed by atoms with Crippen molar-refractivity contribution < 1.29 is 9.18 Å². The van der Waals surface area contributed by atoms with Gasteiger partial charge in [-0.2, -0.15) is 0 Å². The number of anilines is 1. The van der Waals surface area contributed by atoms with Crippen LogP contribution in [0.3, 0.4) is 0 Å². The van der Waals surface area contributed by atoms with Gasteiger partial charge in [-0.3, -0.25) is 9.20 Å². The third-order valence-corrected chi connectivity index (χ3v) is 5.48. The standard InChI is InChI=1S/C19H12Cl2FN3OS/c20-14-6-1-11(9-15(14)21)10-16(26)23-18-17(12-2-4-13(22)5-3-12)24-19-25(18)7-8-27-19/h1-9H,10H2,(H,23,26). The Bertz CT molecular complexity index is 1140. The zero-order valence-electron chi connectivity index (χ0n) is 13.7. The Hall–Kier alpha value is -2.41. The average Bonchev–Trinajstić information content (AvgIpc) is 3.22. The van der Waals surface area contributed by atoms with Gasteiger partial charge in [0.25, 0.3) is 0 Å².